The van der Waals surface area contributed by atoms with Gasteiger partial charge in [-0.15, -0.1) is 10.2 Å². The van der Waals surface area contributed by atoms with Crippen LogP contribution in [-0.4, -0.2) is 28.3 Å². The lowest BCUT2D eigenvalue weighted by atomic mass is 10.1. The summed E-state index contributed by atoms with van der Waals surface area (Å²) >= 11 is 1.21. The second kappa shape index (κ2) is 7.60. The minimum Gasteiger partial charge on any atom is -0.485 e. The van der Waals surface area contributed by atoms with Gasteiger partial charge >= 0.3 is 0 Å². The number of para-hydroxylation sites is 2. The molecular weight excluding hydrogens is 388 g/mol. The fourth-order valence-electron chi connectivity index (χ4n) is 3.12. The number of carbonyl (C=O) groups excluding carboxylic acids is 1. The molecule has 1 atom stereocenters. The smallest absolute Gasteiger partial charge is 0.277 e. The molecule has 0 aliphatic carbocycles. The van der Waals surface area contributed by atoms with Gasteiger partial charge in [-0.2, -0.15) is 0 Å². The number of ether oxygens (including phenoxy) is 2. The number of aromatic nitrogens is 2. The fraction of sp³-hybridized carbons (Fsp3) is 0.136. The predicted molar refractivity (Wildman–Crippen MR) is 109 cm³/mol. The Kier molecular flexibility index (Phi) is 4.65. The van der Waals surface area contributed by atoms with Crippen LogP contribution in [0.15, 0.2) is 76.4 Å². The highest BCUT2D eigenvalue weighted by Crippen LogP contribution is 2.36. The highest BCUT2D eigenvalue weighted by Gasteiger charge is 2.27. The highest BCUT2D eigenvalue weighted by atomic mass is 32.2. The van der Waals surface area contributed by atoms with E-state index in [0.29, 0.717) is 34.8 Å². The Morgan fingerprint density at radius 1 is 0.966 bits per heavy atom. The molecule has 1 aliphatic rings. The zero-order valence-electron chi connectivity index (χ0n) is 15.3. The van der Waals surface area contributed by atoms with E-state index >= 15 is 0 Å². The monoisotopic (exact) mass is 404 g/mol. The van der Waals surface area contributed by atoms with Gasteiger partial charge in [-0.25, -0.2) is 0 Å². The van der Waals surface area contributed by atoms with Crippen molar-refractivity contribution in [1.29, 1.82) is 0 Å². The van der Waals surface area contributed by atoms with Gasteiger partial charge in [0.05, 0.1) is 5.75 Å². The van der Waals surface area contributed by atoms with E-state index in [2.05, 4.69) is 10.2 Å². The summed E-state index contributed by atoms with van der Waals surface area (Å²) < 4.78 is 17.2. The molecule has 144 valence electrons. The molecule has 2 heterocycles. The summed E-state index contributed by atoms with van der Waals surface area (Å²) in [6.07, 6.45) is -0.470. The van der Waals surface area contributed by atoms with Gasteiger partial charge < -0.3 is 13.9 Å². The van der Waals surface area contributed by atoms with Crippen LogP contribution in [-0.2, 0) is 0 Å². The summed E-state index contributed by atoms with van der Waals surface area (Å²) in [5.41, 5.74) is 0.663. The van der Waals surface area contributed by atoms with Crippen molar-refractivity contribution in [3.8, 4) is 11.5 Å². The summed E-state index contributed by atoms with van der Waals surface area (Å²) in [7, 11) is 0. The first kappa shape index (κ1) is 17.8. The minimum atomic E-state index is -0.470. The lowest BCUT2D eigenvalue weighted by molar-refractivity contribution is 0.0686. The first-order valence-corrected chi connectivity index (χ1v) is 10.1. The van der Waals surface area contributed by atoms with Crippen LogP contribution in [0, 0.1) is 0 Å². The molecule has 0 bridgehead atoms. The highest BCUT2D eigenvalue weighted by molar-refractivity contribution is 7.99. The fourth-order valence-corrected chi connectivity index (χ4v) is 3.79. The van der Waals surface area contributed by atoms with E-state index in [0.717, 1.165) is 10.8 Å². The molecule has 0 amide bonds. The van der Waals surface area contributed by atoms with E-state index in [1.165, 1.54) is 11.8 Å². The lowest BCUT2D eigenvalue weighted by Gasteiger charge is -2.23. The van der Waals surface area contributed by atoms with Crippen molar-refractivity contribution in [3.63, 3.8) is 0 Å². The third-order valence-corrected chi connectivity index (χ3v) is 5.42. The van der Waals surface area contributed by atoms with Crippen molar-refractivity contribution in [2.45, 2.75) is 11.3 Å². The van der Waals surface area contributed by atoms with Gasteiger partial charge in [0.15, 0.2) is 17.3 Å². The number of benzene rings is 3. The first-order chi connectivity index (χ1) is 14.3. The molecule has 3 aromatic carbocycles. The number of Topliss-reactive ketones (excluding diaryl/α,β-unsaturated/α-hetero) is 1. The number of ketones is 1. The molecule has 0 saturated carbocycles. The van der Waals surface area contributed by atoms with Gasteiger partial charge in [0.2, 0.25) is 6.10 Å². The van der Waals surface area contributed by atoms with Crippen molar-refractivity contribution >= 4 is 28.3 Å². The van der Waals surface area contributed by atoms with E-state index in [4.69, 9.17) is 13.9 Å². The van der Waals surface area contributed by atoms with Gasteiger partial charge in [0.25, 0.3) is 11.1 Å². The van der Waals surface area contributed by atoms with Crippen LogP contribution in [0.1, 0.15) is 22.4 Å². The van der Waals surface area contributed by atoms with Crippen molar-refractivity contribution in [3.05, 3.63) is 78.2 Å². The average molecular weight is 404 g/mol. The molecule has 0 spiro atoms. The molecule has 1 aromatic heterocycles. The number of thioether (sulfide) groups is 1. The quantitative estimate of drug-likeness (QED) is 0.352. The SMILES string of the molecule is O=C(CSc1nnc(C2COc3ccccc3O2)o1)c1ccc2ccccc2c1. The second-order valence-corrected chi connectivity index (χ2v) is 7.47. The maximum Gasteiger partial charge on any atom is 0.277 e. The molecule has 6 nitrogen and oxygen atoms in total. The zero-order valence-corrected chi connectivity index (χ0v) is 16.1. The second-order valence-electron chi connectivity index (χ2n) is 6.54. The van der Waals surface area contributed by atoms with Gasteiger partial charge in [-0.3, -0.25) is 4.79 Å². The predicted octanol–water partition coefficient (Wildman–Crippen LogP) is 4.71. The van der Waals surface area contributed by atoms with E-state index in [1.54, 1.807) is 0 Å². The van der Waals surface area contributed by atoms with Crippen LogP contribution in [0.4, 0.5) is 0 Å². The summed E-state index contributed by atoms with van der Waals surface area (Å²) in [6.45, 7) is 0.291. The first-order valence-electron chi connectivity index (χ1n) is 9.13. The Hall–Kier alpha value is -3.32. The van der Waals surface area contributed by atoms with Crippen LogP contribution < -0.4 is 9.47 Å². The molecule has 0 radical (unpaired) electrons. The van der Waals surface area contributed by atoms with Crippen molar-refractivity contribution < 1.29 is 18.7 Å². The van der Waals surface area contributed by atoms with Gasteiger partial charge in [-0.1, -0.05) is 60.3 Å². The molecule has 7 heteroatoms. The minimum absolute atomic E-state index is 0.00619. The summed E-state index contributed by atoms with van der Waals surface area (Å²) in [5.74, 6) is 1.89. The number of carbonyl (C=O) groups is 1. The van der Waals surface area contributed by atoms with Crippen LogP contribution in [0.2, 0.25) is 0 Å². The van der Waals surface area contributed by atoms with Crippen molar-refractivity contribution in [2.24, 2.45) is 0 Å². The summed E-state index contributed by atoms with van der Waals surface area (Å²) in [4.78, 5) is 12.6. The Bertz CT molecular complexity index is 1190. The molecule has 0 N–H and O–H groups in total. The number of nitrogens with zero attached hydrogens (tertiary/aromatic N) is 2. The maximum absolute atomic E-state index is 12.6. The van der Waals surface area contributed by atoms with Crippen LogP contribution in [0.3, 0.4) is 0 Å². The normalized spacial score (nSPS) is 15.4. The van der Waals surface area contributed by atoms with E-state index in [9.17, 15) is 4.79 Å². The topological polar surface area (TPSA) is 74.5 Å². The molecule has 0 fully saturated rings. The van der Waals surface area contributed by atoms with Crippen molar-refractivity contribution in [2.75, 3.05) is 12.4 Å². The molecule has 0 saturated heterocycles. The van der Waals surface area contributed by atoms with E-state index in [-0.39, 0.29) is 11.5 Å². The Morgan fingerprint density at radius 2 is 1.76 bits per heavy atom. The van der Waals surface area contributed by atoms with Crippen molar-refractivity contribution in [1.82, 2.24) is 10.2 Å². The molecular formula is C22H16N2O4S. The molecule has 1 aliphatic heterocycles. The van der Waals surface area contributed by atoms with Gasteiger partial charge in [0, 0.05) is 5.56 Å². The Morgan fingerprint density at radius 3 is 2.66 bits per heavy atom. The lowest BCUT2D eigenvalue weighted by Crippen LogP contribution is -2.21. The standard InChI is InChI=1S/C22H16N2O4S/c25-17(16-10-9-14-5-1-2-6-15(14)11-16)13-29-22-24-23-21(28-22)20-12-26-18-7-3-4-8-19(18)27-20/h1-11,20H,12-13H2. The van der Waals surface area contributed by atoms with Crippen LogP contribution >= 0.6 is 11.8 Å². The number of rotatable bonds is 5. The Balaban J connectivity index is 1.24. The average Bonchev–Trinajstić information content (AvgIpc) is 3.26. The van der Waals surface area contributed by atoms with Crippen LogP contribution in [0.5, 0.6) is 11.5 Å². The largest absolute Gasteiger partial charge is 0.485 e. The number of hydrogen-bond donors (Lipinski definition) is 0. The maximum atomic E-state index is 12.6. The number of hydrogen-bond acceptors (Lipinski definition) is 7. The van der Waals surface area contributed by atoms with Crippen LogP contribution in [0.25, 0.3) is 10.8 Å². The molecule has 5 rings (SSSR count). The van der Waals surface area contributed by atoms with Gasteiger partial charge in [-0.05, 0) is 29.0 Å². The molecule has 1 unspecified atom stereocenters. The summed E-state index contributed by atoms with van der Waals surface area (Å²) in [5, 5.41) is 10.5. The number of fused-ring (bicyclic) bond motifs is 2. The van der Waals surface area contributed by atoms with Gasteiger partial charge in [0.1, 0.15) is 6.61 Å². The zero-order chi connectivity index (χ0) is 19.6. The van der Waals surface area contributed by atoms with E-state index in [1.807, 2.05) is 66.7 Å². The Labute approximate surface area is 170 Å². The third kappa shape index (κ3) is 3.69. The molecule has 4 aromatic rings. The molecule has 29 heavy (non-hydrogen) atoms. The van der Waals surface area contributed by atoms with E-state index < -0.39 is 6.10 Å². The summed E-state index contributed by atoms with van der Waals surface area (Å²) in [6, 6.07) is 21.1. The third-order valence-electron chi connectivity index (χ3n) is 4.60.